The summed E-state index contributed by atoms with van der Waals surface area (Å²) in [7, 11) is 1.28. The van der Waals surface area contributed by atoms with Crippen molar-refractivity contribution in [3.8, 4) is 11.8 Å². The third-order valence-electron chi connectivity index (χ3n) is 1.65. The Morgan fingerprint density at radius 3 is 2.87 bits per heavy atom. The normalized spacial score (nSPS) is 9.13. The number of rotatable bonds is 3. The van der Waals surface area contributed by atoms with Crippen molar-refractivity contribution in [1.82, 2.24) is 0 Å². The van der Waals surface area contributed by atoms with E-state index in [9.17, 15) is 4.79 Å². The molecule has 0 saturated carbocycles. The summed E-state index contributed by atoms with van der Waals surface area (Å²) in [6.45, 7) is -0.182. The van der Waals surface area contributed by atoms with Crippen LogP contribution in [0.3, 0.4) is 0 Å². The average Bonchev–Trinajstić information content (AvgIpc) is 2.26. The monoisotopic (exact) mass is 225 g/mol. The average molecular weight is 226 g/mol. The maximum absolute atomic E-state index is 10.8. The van der Waals surface area contributed by atoms with Crippen LogP contribution in [0.15, 0.2) is 18.2 Å². The molecule has 0 fully saturated rings. The standard InChI is InChI=1S/C10H8ClNO3/c1-14-10(13)6-15-8-3-2-7(5-12)9(11)4-8/h2-4H,6H2,1H3. The minimum absolute atomic E-state index is 0.182. The van der Waals surface area contributed by atoms with Gasteiger partial charge in [0.05, 0.1) is 17.7 Å². The van der Waals surface area contributed by atoms with Gasteiger partial charge in [-0.2, -0.15) is 5.26 Å². The van der Waals surface area contributed by atoms with Crippen molar-refractivity contribution in [2.24, 2.45) is 0 Å². The van der Waals surface area contributed by atoms with Crippen molar-refractivity contribution in [3.05, 3.63) is 28.8 Å². The first kappa shape index (κ1) is 11.3. The maximum Gasteiger partial charge on any atom is 0.343 e. The van der Waals surface area contributed by atoms with Crippen molar-refractivity contribution in [3.63, 3.8) is 0 Å². The zero-order valence-corrected chi connectivity index (χ0v) is 8.75. The lowest BCUT2D eigenvalue weighted by molar-refractivity contribution is -0.142. The Bertz CT molecular complexity index is 412. The molecule has 0 unspecified atom stereocenters. The summed E-state index contributed by atoms with van der Waals surface area (Å²) in [5.74, 6) is -0.0557. The molecule has 4 nitrogen and oxygen atoms in total. The number of halogens is 1. The van der Waals surface area contributed by atoms with Crippen LogP contribution < -0.4 is 4.74 Å². The highest BCUT2D eigenvalue weighted by Gasteiger charge is 2.04. The molecule has 0 aliphatic carbocycles. The van der Waals surface area contributed by atoms with E-state index in [1.807, 2.05) is 6.07 Å². The van der Waals surface area contributed by atoms with E-state index in [4.69, 9.17) is 21.6 Å². The zero-order chi connectivity index (χ0) is 11.3. The van der Waals surface area contributed by atoms with Gasteiger partial charge < -0.3 is 9.47 Å². The van der Waals surface area contributed by atoms with Crippen LogP contribution in [0.2, 0.25) is 5.02 Å². The topological polar surface area (TPSA) is 59.3 Å². The molecule has 1 rings (SSSR count). The number of carbonyl (C=O) groups is 1. The first-order chi connectivity index (χ1) is 7.17. The van der Waals surface area contributed by atoms with Crippen molar-refractivity contribution in [2.45, 2.75) is 0 Å². The fourth-order valence-corrected chi connectivity index (χ4v) is 1.09. The molecule has 1 aromatic rings. The van der Waals surface area contributed by atoms with Gasteiger partial charge in [0.15, 0.2) is 6.61 Å². The number of nitriles is 1. The second-order valence-electron chi connectivity index (χ2n) is 2.62. The lowest BCUT2D eigenvalue weighted by atomic mass is 10.2. The Morgan fingerprint density at radius 1 is 1.60 bits per heavy atom. The summed E-state index contributed by atoms with van der Waals surface area (Å²) < 4.78 is 9.47. The third-order valence-corrected chi connectivity index (χ3v) is 1.96. The van der Waals surface area contributed by atoms with Gasteiger partial charge in [0, 0.05) is 6.07 Å². The fourth-order valence-electron chi connectivity index (χ4n) is 0.877. The van der Waals surface area contributed by atoms with Gasteiger partial charge in [-0.05, 0) is 12.1 Å². The Kier molecular flexibility index (Phi) is 3.95. The van der Waals surface area contributed by atoms with Crippen LogP contribution in [0.5, 0.6) is 5.75 Å². The molecule has 0 bridgehead atoms. The van der Waals surface area contributed by atoms with Crippen LogP contribution in [-0.2, 0) is 9.53 Å². The van der Waals surface area contributed by atoms with Crippen LogP contribution in [0.4, 0.5) is 0 Å². The molecule has 0 saturated heterocycles. The van der Waals surface area contributed by atoms with Gasteiger partial charge in [-0.3, -0.25) is 0 Å². The summed E-state index contributed by atoms with van der Waals surface area (Å²) in [6.07, 6.45) is 0. The quantitative estimate of drug-likeness (QED) is 0.736. The Hall–Kier alpha value is -1.73. The van der Waals surface area contributed by atoms with Crippen molar-refractivity contribution in [2.75, 3.05) is 13.7 Å². The molecule has 0 aromatic heterocycles. The number of ether oxygens (including phenoxy) is 2. The van der Waals surface area contributed by atoms with E-state index >= 15 is 0 Å². The molecule has 0 N–H and O–H groups in total. The molecule has 0 heterocycles. The van der Waals surface area contributed by atoms with E-state index < -0.39 is 5.97 Å². The number of hydrogen-bond donors (Lipinski definition) is 0. The summed E-state index contributed by atoms with van der Waals surface area (Å²) in [6, 6.07) is 6.48. The highest BCUT2D eigenvalue weighted by atomic mass is 35.5. The van der Waals surface area contributed by atoms with Gasteiger partial charge in [0.25, 0.3) is 0 Å². The predicted octanol–water partition coefficient (Wildman–Crippen LogP) is 1.76. The highest BCUT2D eigenvalue weighted by molar-refractivity contribution is 6.31. The molecule has 5 heteroatoms. The second kappa shape index (κ2) is 5.23. The Balaban J connectivity index is 2.68. The largest absolute Gasteiger partial charge is 0.482 e. The molecule has 0 aliphatic rings. The van der Waals surface area contributed by atoms with Gasteiger partial charge >= 0.3 is 5.97 Å². The summed E-state index contributed by atoms with van der Waals surface area (Å²) in [5, 5.41) is 8.91. The van der Waals surface area contributed by atoms with E-state index in [0.717, 1.165) is 0 Å². The maximum atomic E-state index is 10.8. The predicted molar refractivity (Wildman–Crippen MR) is 53.7 cm³/mol. The first-order valence-electron chi connectivity index (χ1n) is 4.06. The van der Waals surface area contributed by atoms with E-state index in [1.54, 1.807) is 6.07 Å². The minimum atomic E-state index is -0.476. The summed E-state index contributed by atoms with van der Waals surface area (Å²) >= 11 is 5.76. The van der Waals surface area contributed by atoms with Crippen LogP contribution in [0, 0.1) is 11.3 Å². The second-order valence-corrected chi connectivity index (χ2v) is 3.03. The molecule has 0 atom stereocenters. The molecular formula is C10H8ClNO3. The molecule has 1 aromatic carbocycles. The number of methoxy groups -OCH3 is 1. The Morgan fingerprint density at radius 2 is 2.33 bits per heavy atom. The van der Waals surface area contributed by atoms with E-state index in [2.05, 4.69) is 4.74 Å². The van der Waals surface area contributed by atoms with Crippen LogP contribution in [0.1, 0.15) is 5.56 Å². The van der Waals surface area contributed by atoms with Crippen molar-refractivity contribution >= 4 is 17.6 Å². The smallest absolute Gasteiger partial charge is 0.343 e. The number of nitrogens with zero attached hydrogens (tertiary/aromatic N) is 1. The van der Waals surface area contributed by atoms with Crippen LogP contribution in [-0.4, -0.2) is 19.7 Å². The van der Waals surface area contributed by atoms with Crippen molar-refractivity contribution in [1.29, 1.82) is 5.26 Å². The third kappa shape index (κ3) is 3.15. The van der Waals surface area contributed by atoms with E-state index in [-0.39, 0.29) is 6.61 Å². The molecule has 15 heavy (non-hydrogen) atoms. The van der Waals surface area contributed by atoms with E-state index in [0.29, 0.717) is 16.3 Å². The molecule has 0 spiro atoms. The van der Waals surface area contributed by atoms with Crippen LogP contribution in [0.25, 0.3) is 0 Å². The number of esters is 1. The lowest BCUT2D eigenvalue weighted by Gasteiger charge is -2.05. The van der Waals surface area contributed by atoms with Gasteiger partial charge in [0.2, 0.25) is 0 Å². The highest BCUT2D eigenvalue weighted by Crippen LogP contribution is 2.21. The number of hydrogen-bond acceptors (Lipinski definition) is 4. The molecule has 78 valence electrons. The molecule has 0 aliphatic heterocycles. The fraction of sp³-hybridized carbons (Fsp3) is 0.200. The summed E-state index contributed by atoms with van der Waals surface area (Å²) in [5.41, 5.74) is 0.363. The van der Waals surface area contributed by atoms with Gasteiger partial charge in [-0.15, -0.1) is 0 Å². The first-order valence-corrected chi connectivity index (χ1v) is 4.44. The molecule has 0 radical (unpaired) electrons. The molecular weight excluding hydrogens is 218 g/mol. The number of benzene rings is 1. The molecule has 0 amide bonds. The van der Waals surface area contributed by atoms with Gasteiger partial charge in [-0.1, -0.05) is 11.6 Å². The van der Waals surface area contributed by atoms with E-state index in [1.165, 1.54) is 19.2 Å². The van der Waals surface area contributed by atoms with Gasteiger partial charge in [0.1, 0.15) is 11.8 Å². The van der Waals surface area contributed by atoms with Gasteiger partial charge in [-0.25, -0.2) is 4.79 Å². The Labute approximate surface area is 92.0 Å². The number of carbonyl (C=O) groups excluding carboxylic acids is 1. The summed E-state index contributed by atoms with van der Waals surface area (Å²) in [4.78, 5) is 10.8. The SMILES string of the molecule is COC(=O)COc1ccc(C#N)c(Cl)c1. The van der Waals surface area contributed by atoms with Crippen molar-refractivity contribution < 1.29 is 14.3 Å². The lowest BCUT2D eigenvalue weighted by Crippen LogP contribution is -2.12. The minimum Gasteiger partial charge on any atom is -0.482 e. The zero-order valence-electron chi connectivity index (χ0n) is 7.99. The van der Waals surface area contributed by atoms with Crippen LogP contribution >= 0.6 is 11.6 Å².